The second-order valence-corrected chi connectivity index (χ2v) is 8.33. The van der Waals surface area contributed by atoms with Crippen LogP contribution in [0.4, 0.5) is 21.5 Å². The van der Waals surface area contributed by atoms with E-state index in [9.17, 15) is 18.8 Å². The monoisotopic (exact) mass is 497 g/mol. The molecule has 0 spiro atoms. The van der Waals surface area contributed by atoms with Crippen LogP contribution in [0.2, 0.25) is 5.02 Å². The Hall–Kier alpha value is -3.68. The predicted octanol–water partition coefficient (Wildman–Crippen LogP) is 5.40. The van der Waals surface area contributed by atoms with Gasteiger partial charge in [0, 0.05) is 10.7 Å². The fraction of sp³-hybridized carbons (Fsp3) is 0.0800. The zero-order valence-corrected chi connectivity index (χ0v) is 19.4. The highest BCUT2D eigenvalue weighted by Gasteiger charge is 2.39. The van der Waals surface area contributed by atoms with Crippen LogP contribution in [0, 0.1) is 12.7 Å². The molecule has 172 valence electrons. The average molecular weight is 498 g/mol. The minimum absolute atomic E-state index is 0.0251. The van der Waals surface area contributed by atoms with Crippen molar-refractivity contribution in [3.05, 3.63) is 99.4 Å². The number of carbonyl (C=O) groups excluding carboxylic acids is 3. The van der Waals surface area contributed by atoms with Crippen molar-refractivity contribution in [3.8, 4) is 0 Å². The lowest BCUT2D eigenvalue weighted by Gasteiger charge is -2.18. The number of rotatable bonds is 6. The smallest absolute Gasteiger partial charge is 0.283 e. The second kappa shape index (κ2) is 9.67. The summed E-state index contributed by atoms with van der Waals surface area (Å²) in [6, 6.07) is 17.5. The number of nitrogens with zero attached hydrogens (tertiary/aromatic N) is 1. The third-order valence-corrected chi connectivity index (χ3v) is 6.00. The van der Waals surface area contributed by atoms with Gasteiger partial charge in [-0.15, -0.1) is 0 Å². The van der Waals surface area contributed by atoms with Gasteiger partial charge in [-0.2, -0.15) is 0 Å². The number of halogens is 3. The number of carbonyl (C=O) groups is 3. The summed E-state index contributed by atoms with van der Waals surface area (Å²) in [6.07, 6.45) is 0.0251. The molecule has 0 saturated heterocycles. The number of para-hydroxylation sites is 1. The summed E-state index contributed by atoms with van der Waals surface area (Å²) in [6.45, 7) is 1.71. The first-order valence-electron chi connectivity index (χ1n) is 10.2. The zero-order chi connectivity index (χ0) is 24.4. The average Bonchev–Trinajstić information content (AvgIpc) is 3.02. The molecule has 2 N–H and O–H groups in total. The number of hydrogen-bond donors (Lipinski definition) is 2. The summed E-state index contributed by atoms with van der Waals surface area (Å²) in [4.78, 5) is 38.9. The van der Waals surface area contributed by atoms with E-state index in [0.717, 1.165) is 4.90 Å². The molecule has 3 aromatic carbocycles. The topological polar surface area (TPSA) is 78.5 Å². The van der Waals surface area contributed by atoms with Crippen LogP contribution < -0.4 is 15.5 Å². The van der Waals surface area contributed by atoms with Crippen LogP contribution in [-0.2, 0) is 20.8 Å². The van der Waals surface area contributed by atoms with Gasteiger partial charge in [-0.1, -0.05) is 53.5 Å². The van der Waals surface area contributed by atoms with Gasteiger partial charge in [-0.05, 0) is 54.4 Å². The lowest BCUT2D eigenvalue weighted by molar-refractivity contribution is -0.120. The van der Waals surface area contributed by atoms with E-state index in [0.29, 0.717) is 27.5 Å². The number of benzene rings is 3. The van der Waals surface area contributed by atoms with Crippen molar-refractivity contribution in [2.45, 2.75) is 13.3 Å². The summed E-state index contributed by atoms with van der Waals surface area (Å²) >= 11 is 12.3. The normalized spacial score (nSPS) is 13.5. The van der Waals surface area contributed by atoms with Crippen molar-refractivity contribution >= 4 is 58.0 Å². The molecule has 1 aliphatic rings. The SMILES string of the molecule is Cc1c(Cl)cccc1N1C(=O)C(Cl)=C(Nc2ccc(CC(=O)Nc3ccccc3F)cc2)C1=O. The van der Waals surface area contributed by atoms with Crippen molar-refractivity contribution in [3.63, 3.8) is 0 Å². The molecule has 4 rings (SSSR count). The molecule has 3 aromatic rings. The molecule has 0 radical (unpaired) electrons. The molecule has 0 unspecified atom stereocenters. The van der Waals surface area contributed by atoms with Crippen LogP contribution in [0.25, 0.3) is 0 Å². The molecule has 0 saturated carbocycles. The van der Waals surface area contributed by atoms with Gasteiger partial charge in [0.2, 0.25) is 5.91 Å². The molecule has 0 atom stereocenters. The van der Waals surface area contributed by atoms with E-state index >= 15 is 0 Å². The lowest BCUT2D eigenvalue weighted by atomic mass is 10.1. The van der Waals surface area contributed by atoms with Gasteiger partial charge in [-0.25, -0.2) is 9.29 Å². The Balaban J connectivity index is 1.45. The van der Waals surface area contributed by atoms with Crippen LogP contribution in [0.1, 0.15) is 11.1 Å². The van der Waals surface area contributed by atoms with Gasteiger partial charge in [0.1, 0.15) is 16.5 Å². The highest BCUT2D eigenvalue weighted by molar-refractivity contribution is 6.53. The lowest BCUT2D eigenvalue weighted by Crippen LogP contribution is -2.32. The maximum Gasteiger partial charge on any atom is 0.283 e. The van der Waals surface area contributed by atoms with Gasteiger partial charge >= 0.3 is 0 Å². The molecule has 0 aliphatic carbocycles. The molecule has 1 heterocycles. The highest BCUT2D eigenvalue weighted by Crippen LogP contribution is 2.34. The van der Waals surface area contributed by atoms with Crippen molar-refractivity contribution in [2.75, 3.05) is 15.5 Å². The van der Waals surface area contributed by atoms with Crippen molar-refractivity contribution < 1.29 is 18.8 Å². The van der Waals surface area contributed by atoms with E-state index in [1.165, 1.54) is 18.2 Å². The Labute approximate surface area is 205 Å². The van der Waals surface area contributed by atoms with Gasteiger partial charge in [0.05, 0.1) is 17.8 Å². The Bertz CT molecular complexity index is 1340. The van der Waals surface area contributed by atoms with Crippen LogP contribution in [0.3, 0.4) is 0 Å². The summed E-state index contributed by atoms with van der Waals surface area (Å²) < 4.78 is 13.7. The molecule has 1 aliphatic heterocycles. The van der Waals surface area contributed by atoms with Crippen molar-refractivity contribution in [2.24, 2.45) is 0 Å². The summed E-state index contributed by atoms with van der Waals surface area (Å²) in [5, 5.41) is 5.59. The van der Waals surface area contributed by atoms with E-state index in [-0.39, 0.29) is 28.7 Å². The molecule has 0 bridgehead atoms. The molecule has 0 fully saturated rings. The molecule has 9 heteroatoms. The van der Waals surface area contributed by atoms with E-state index in [1.54, 1.807) is 55.5 Å². The quantitative estimate of drug-likeness (QED) is 0.446. The maximum atomic E-state index is 13.7. The Morgan fingerprint density at radius 3 is 2.35 bits per heavy atom. The largest absolute Gasteiger partial charge is 0.350 e. The summed E-state index contributed by atoms with van der Waals surface area (Å²) in [5.41, 5.74) is 2.15. The van der Waals surface area contributed by atoms with E-state index < -0.39 is 17.6 Å². The summed E-state index contributed by atoms with van der Waals surface area (Å²) in [7, 11) is 0. The molecular weight excluding hydrogens is 480 g/mol. The number of amides is 3. The van der Waals surface area contributed by atoms with Crippen LogP contribution in [0.15, 0.2) is 77.5 Å². The molecule has 34 heavy (non-hydrogen) atoms. The van der Waals surface area contributed by atoms with Gasteiger partial charge in [-0.3, -0.25) is 14.4 Å². The number of nitrogens with one attached hydrogen (secondary N) is 2. The Morgan fingerprint density at radius 1 is 0.941 bits per heavy atom. The van der Waals surface area contributed by atoms with E-state index in [4.69, 9.17) is 23.2 Å². The van der Waals surface area contributed by atoms with Crippen LogP contribution in [0.5, 0.6) is 0 Å². The minimum atomic E-state index is -0.652. The molecule has 3 amide bonds. The minimum Gasteiger partial charge on any atom is -0.350 e. The number of imide groups is 1. The molecule has 0 aromatic heterocycles. The molecular formula is C25H18Cl2FN3O3. The van der Waals surface area contributed by atoms with Crippen molar-refractivity contribution in [1.29, 1.82) is 0 Å². The van der Waals surface area contributed by atoms with Crippen LogP contribution >= 0.6 is 23.2 Å². The predicted molar refractivity (Wildman–Crippen MR) is 130 cm³/mol. The highest BCUT2D eigenvalue weighted by atomic mass is 35.5. The fourth-order valence-corrected chi connectivity index (χ4v) is 3.84. The maximum absolute atomic E-state index is 13.7. The standard InChI is InChI=1S/C25H18Cl2FN3O3/c1-14-17(26)5-4-8-20(14)31-24(33)22(27)23(25(31)34)29-16-11-9-15(10-12-16)13-21(32)30-19-7-3-2-6-18(19)28/h2-12,29H,13H2,1H3,(H,30,32). The van der Waals surface area contributed by atoms with Gasteiger partial charge < -0.3 is 10.6 Å². The molecule has 6 nitrogen and oxygen atoms in total. The van der Waals surface area contributed by atoms with E-state index in [1.807, 2.05) is 0 Å². The Kier molecular flexibility index (Phi) is 6.68. The number of hydrogen-bond acceptors (Lipinski definition) is 4. The van der Waals surface area contributed by atoms with E-state index in [2.05, 4.69) is 10.6 Å². The third-order valence-electron chi connectivity index (χ3n) is 5.24. The Morgan fingerprint density at radius 2 is 1.65 bits per heavy atom. The van der Waals surface area contributed by atoms with Crippen LogP contribution in [-0.4, -0.2) is 17.7 Å². The second-order valence-electron chi connectivity index (χ2n) is 7.55. The van der Waals surface area contributed by atoms with Gasteiger partial charge in [0.15, 0.2) is 0 Å². The fourth-order valence-electron chi connectivity index (χ4n) is 3.46. The van der Waals surface area contributed by atoms with Crippen molar-refractivity contribution in [1.82, 2.24) is 0 Å². The number of anilines is 3. The first-order valence-corrected chi connectivity index (χ1v) is 11.0. The zero-order valence-electron chi connectivity index (χ0n) is 17.9. The van der Waals surface area contributed by atoms with Gasteiger partial charge in [0.25, 0.3) is 11.8 Å². The summed E-state index contributed by atoms with van der Waals surface area (Å²) in [5.74, 6) is -2.14. The third kappa shape index (κ3) is 4.66. The first-order chi connectivity index (χ1) is 16.3. The first kappa shape index (κ1) is 23.5.